The van der Waals surface area contributed by atoms with E-state index in [1.54, 1.807) is 0 Å². The Bertz CT molecular complexity index is 1060. The Morgan fingerprint density at radius 1 is 0.414 bits per heavy atom. The van der Waals surface area contributed by atoms with E-state index in [0.717, 1.165) is 40.9 Å². The summed E-state index contributed by atoms with van der Waals surface area (Å²) in [6.45, 7) is 0. The van der Waals surface area contributed by atoms with Crippen LogP contribution in [0.4, 0.5) is 0 Å². The van der Waals surface area contributed by atoms with Crippen molar-refractivity contribution in [3.05, 3.63) is 99.2 Å². The van der Waals surface area contributed by atoms with Gasteiger partial charge in [-0.2, -0.15) is 0 Å². The van der Waals surface area contributed by atoms with Crippen LogP contribution in [0.1, 0.15) is 0 Å². The van der Waals surface area contributed by atoms with Crippen molar-refractivity contribution >= 4 is 90.4 Å². The number of hydrogen-bond donors (Lipinski definition) is 0. The molecule has 0 fully saturated rings. The summed E-state index contributed by atoms with van der Waals surface area (Å²) in [4.78, 5) is 0. The molecule has 5 heteroatoms. The summed E-state index contributed by atoms with van der Waals surface area (Å²) < 4.78 is 11.3. The van der Waals surface area contributed by atoms with Crippen molar-refractivity contribution in [2.45, 2.75) is 0 Å². The first-order valence-corrected chi connectivity index (χ1v) is 13.1. The fourth-order valence-electron chi connectivity index (χ4n) is 3.02. The third-order valence-electron chi connectivity index (χ3n) is 4.42. The van der Waals surface area contributed by atoms with Crippen LogP contribution in [0.15, 0.2) is 84.9 Å². The van der Waals surface area contributed by atoms with Gasteiger partial charge in [0.2, 0.25) is 0 Å². The van der Waals surface area contributed by atoms with Gasteiger partial charge in [-0.05, 0) is 162 Å². The summed E-state index contributed by atoms with van der Waals surface area (Å²) >= 11 is 9.34. The van der Waals surface area contributed by atoms with E-state index >= 15 is 0 Å². The molecule has 0 spiro atoms. The van der Waals surface area contributed by atoms with Crippen molar-refractivity contribution in [3.8, 4) is 33.8 Å². The molecule has 0 N–H and O–H groups in total. The molecule has 4 aromatic carbocycles. The lowest BCUT2D eigenvalue weighted by Gasteiger charge is -2.16. The Kier molecular flexibility index (Phi) is 7.39. The smallest absolute Gasteiger partial charge is 0.136 e. The van der Waals surface area contributed by atoms with Gasteiger partial charge in [-0.15, -0.1) is 0 Å². The fraction of sp³-hybridized carbons (Fsp3) is 0. The molecule has 0 aliphatic carbocycles. The van der Waals surface area contributed by atoms with E-state index in [9.17, 15) is 0 Å². The first kappa shape index (κ1) is 21.8. The molecule has 0 unspecified atom stereocenters. The molecule has 0 saturated carbocycles. The zero-order valence-corrected chi connectivity index (χ0v) is 23.6. The normalized spacial score (nSPS) is 10.8. The van der Waals surface area contributed by atoms with Crippen molar-refractivity contribution in [1.82, 2.24) is 0 Å². The number of rotatable bonds is 4. The summed E-state index contributed by atoms with van der Waals surface area (Å²) in [7, 11) is 0. The molecule has 0 bridgehead atoms. The molecular weight excluding hydrogens is 812 g/mol. The summed E-state index contributed by atoms with van der Waals surface area (Å²) in [6.07, 6.45) is 0. The van der Waals surface area contributed by atoms with E-state index in [-0.39, 0.29) is 0 Å². The number of halogens is 4. The van der Waals surface area contributed by atoms with Crippen molar-refractivity contribution in [2.24, 2.45) is 0 Å². The van der Waals surface area contributed by atoms with Crippen LogP contribution in [0.5, 0.6) is 11.5 Å². The number of hydrogen-bond acceptors (Lipinski definition) is 1. The van der Waals surface area contributed by atoms with Gasteiger partial charge in [-0.1, -0.05) is 24.3 Å². The van der Waals surface area contributed by atoms with Gasteiger partial charge in [0.1, 0.15) is 11.5 Å². The fourth-order valence-corrected chi connectivity index (χ4v) is 4.66. The van der Waals surface area contributed by atoms with Gasteiger partial charge in [-0.25, -0.2) is 0 Å². The van der Waals surface area contributed by atoms with Crippen molar-refractivity contribution in [1.29, 1.82) is 0 Å². The third-order valence-corrected chi connectivity index (χ3v) is 7.20. The molecule has 0 radical (unpaired) electrons. The third kappa shape index (κ3) is 5.45. The van der Waals surface area contributed by atoms with E-state index in [4.69, 9.17) is 4.74 Å². The second-order valence-electron chi connectivity index (χ2n) is 6.40. The molecule has 144 valence electrons. The maximum Gasteiger partial charge on any atom is 0.136 e. The van der Waals surface area contributed by atoms with Gasteiger partial charge in [0, 0.05) is 25.4 Å². The molecule has 0 aromatic heterocycles. The Morgan fingerprint density at radius 3 is 1.14 bits per heavy atom. The van der Waals surface area contributed by atoms with Crippen molar-refractivity contribution in [2.75, 3.05) is 0 Å². The summed E-state index contributed by atoms with van der Waals surface area (Å²) in [5.74, 6) is 1.73. The molecule has 0 heterocycles. The number of ether oxygens (including phenoxy) is 1. The highest BCUT2D eigenvalue weighted by Crippen LogP contribution is 2.39. The number of benzene rings is 4. The first-order valence-electron chi connectivity index (χ1n) is 8.78. The lowest BCUT2D eigenvalue weighted by molar-refractivity contribution is 0.485. The van der Waals surface area contributed by atoms with E-state index in [1.807, 2.05) is 0 Å². The molecule has 0 saturated heterocycles. The molecule has 0 aliphatic rings. The minimum Gasteiger partial charge on any atom is -0.456 e. The lowest BCUT2D eigenvalue weighted by atomic mass is 10.0. The lowest BCUT2D eigenvalue weighted by Crippen LogP contribution is -1.93. The highest BCUT2D eigenvalue weighted by Gasteiger charge is 2.13. The average Bonchev–Trinajstić information content (AvgIpc) is 2.70. The quantitative estimate of drug-likeness (QED) is 0.187. The zero-order chi connectivity index (χ0) is 20.4. The monoisotopic (exact) mass is 826 g/mol. The summed E-state index contributed by atoms with van der Waals surface area (Å²) in [5.41, 5.74) is 4.49. The second kappa shape index (κ2) is 9.82. The maximum atomic E-state index is 6.56. The van der Waals surface area contributed by atoms with Crippen LogP contribution in [-0.4, -0.2) is 0 Å². The van der Waals surface area contributed by atoms with Crippen LogP contribution in [0.3, 0.4) is 0 Å². The topological polar surface area (TPSA) is 9.23 Å². The van der Waals surface area contributed by atoms with E-state index in [1.165, 1.54) is 7.14 Å². The van der Waals surface area contributed by atoms with Gasteiger partial charge < -0.3 is 4.74 Å². The highest BCUT2D eigenvalue weighted by atomic mass is 127. The molecule has 0 amide bonds. The average molecular weight is 826 g/mol. The van der Waals surface area contributed by atoms with E-state index in [0.29, 0.717) is 0 Å². The second-order valence-corrected chi connectivity index (χ2v) is 11.4. The van der Waals surface area contributed by atoms with Crippen LogP contribution < -0.4 is 4.74 Å². The Balaban J connectivity index is 1.80. The minimum atomic E-state index is 0.867. The summed E-state index contributed by atoms with van der Waals surface area (Å²) in [5, 5.41) is 0. The van der Waals surface area contributed by atoms with Crippen LogP contribution in [0.2, 0.25) is 0 Å². The van der Waals surface area contributed by atoms with Crippen LogP contribution in [0.25, 0.3) is 22.3 Å². The highest BCUT2D eigenvalue weighted by molar-refractivity contribution is 14.1. The van der Waals surface area contributed by atoms with Crippen LogP contribution >= 0.6 is 90.4 Å². The predicted octanol–water partition coefficient (Wildman–Crippen LogP) is 9.23. The zero-order valence-electron chi connectivity index (χ0n) is 15.0. The van der Waals surface area contributed by atoms with Gasteiger partial charge in [0.15, 0.2) is 0 Å². The molecule has 0 aliphatic heterocycles. The maximum absolute atomic E-state index is 6.56. The minimum absolute atomic E-state index is 0.867. The van der Waals surface area contributed by atoms with Crippen LogP contribution in [0, 0.1) is 14.3 Å². The van der Waals surface area contributed by atoms with E-state index in [2.05, 4.69) is 175 Å². The molecule has 0 atom stereocenters. The standard InChI is InChI=1S/C24H14I4O/c25-17-5-1-15(2-6-17)21-11-9-19(27)13-23(21)29-24-14-20(28)10-12-22(24)16-3-7-18(26)8-4-16/h1-14H. The van der Waals surface area contributed by atoms with Crippen LogP contribution in [-0.2, 0) is 0 Å². The molecule has 4 aromatic rings. The first-order chi connectivity index (χ1) is 14.0. The van der Waals surface area contributed by atoms with E-state index < -0.39 is 0 Å². The molecule has 1 nitrogen and oxygen atoms in total. The Labute approximate surface area is 225 Å². The largest absolute Gasteiger partial charge is 0.456 e. The van der Waals surface area contributed by atoms with Gasteiger partial charge in [-0.3, -0.25) is 0 Å². The van der Waals surface area contributed by atoms with Gasteiger partial charge >= 0.3 is 0 Å². The predicted molar refractivity (Wildman–Crippen MR) is 155 cm³/mol. The van der Waals surface area contributed by atoms with Gasteiger partial charge in [0.25, 0.3) is 0 Å². The molecule has 29 heavy (non-hydrogen) atoms. The van der Waals surface area contributed by atoms with Gasteiger partial charge in [0.05, 0.1) is 0 Å². The molecular formula is C24H14I4O. The SMILES string of the molecule is Ic1ccc(-c2ccc(I)cc2Oc2cc(I)ccc2-c2ccc(I)cc2)cc1. The van der Waals surface area contributed by atoms with Crippen molar-refractivity contribution in [3.63, 3.8) is 0 Å². The van der Waals surface area contributed by atoms with Crippen molar-refractivity contribution < 1.29 is 4.74 Å². The Morgan fingerprint density at radius 2 is 0.759 bits per heavy atom. The molecule has 4 rings (SSSR count). The Hall–Kier alpha value is -0.400. The summed E-state index contributed by atoms with van der Waals surface area (Å²) in [6, 6.07) is 29.8.